The molecule has 0 aliphatic heterocycles. The van der Waals surface area contributed by atoms with Gasteiger partial charge in [-0.1, -0.05) is 0 Å². The molecule has 2 aromatic heterocycles. The molecule has 0 fully saturated rings. The number of carbonyl (C=O) groups is 1. The van der Waals surface area contributed by atoms with Gasteiger partial charge < -0.3 is 9.15 Å². The third-order valence-corrected chi connectivity index (χ3v) is 3.04. The van der Waals surface area contributed by atoms with E-state index in [0.29, 0.717) is 17.1 Å². The number of rotatable bonds is 4. The molecule has 6 heteroatoms. The zero-order chi connectivity index (χ0) is 15.5. The highest BCUT2D eigenvalue weighted by molar-refractivity contribution is 5.89. The van der Waals surface area contributed by atoms with Crippen LogP contribution in [0, 0.1) is 5.82 Å². The molecular formula is C16H13FN2O3. The van der Waals surface area contributed by atoms with E-state index in [4.69, 9.17) is 9.15 Å². The average molecular weight is 300 g/mol. The third-order valence-electron chi connectivity index (χ3n) is 3.04. The average Bonchev–Trinajstić information content (AvgIpc) is 3.17. The fourth-order valence-electron chi connectivity index (χ4n) is 2.06. The van der Waals surface area contributed by atoms with E-state index < -0.39 is 5.97 Å². The van der Waals surface area contributed by atoms with Gasteiger partial charge in [-0.15, -0.1) is 0 Å². The topological polar surface area (TPSA) is 57.3 Å². The van der Waals surface area contributed by atoms with E-state index in [1.807, 2.05) is 0 Å². The van der Waals surface area contributed by atoms with Gasteiger partial charge in [0, 0.05) is 6.07 Å². The number of hydrogen-bond acceptors (Lipinski definition) is 4. The number of nitrogens with zero attached hydrogens (tertiary/aromatic N) is 2. The number of halogens is 1. The summed E-state index contributed by atoms with van der Waals surface area (Å²) in [7, 11) is 0. The predicted octanol–water partition coefficient (Wildman–Crippen LogP) is 3.45. The van der Waals surface area contributed by atoms with Crippen LogP contribution in [0.3, 0.4) is 0 Å². The van der Waals surface area contributed by atoms with Gasteiger partial charge in [0.15, 0.2) is 11.5 Å². The van der Waals surface area contributed by atoms with Gasteiger partial charge in [-0.3, -0.25) is 0 Å². The summed E-state index contributed by atoms with van der Waals surface area (Å²) < 4.78 is 24.8. The summed E-state index contributed by atoms with van der Waals surface area (Å²) in [6, 6.07) is 10.7. The number of carbonyl (C=O) groups excluding carboxylic acids is 1. The zero-order valence-corrected chi connectivity index (χ0v) is 11.8. The lowest BCUT2D eigenvalue weighted by Crippen LogP contribution is -2.11. The largest absolute Gasteiger partial charge is 0.463 e. The first kappa shape index (κ1) is 14.1. The minimum absolute atomic E-state index is 0.250. The van der Waals surface area contributed by atoms with Crippen LogP contribution in [-0.2, 0) is 4.74 Å². The fourth-order valence-corrected chi connectivity index (χ4v) is 2.06. The summed E-state index contributed by atoms with van der Waals surface area (Å²) in [4.78, 5) is 12.1. The highest BCUT2D eigenvalue weighted by Crippen LogP contribution is 2.22. The molecule has 112 valence electrons. The Hall–Kier alpha value is -2.89. The highest BCUT2D eigenvalue weighted by atomic mass is 19.1. The van der Waals surface area contributed by atoms with Crippen LogP contribution in [0.15, 0.2) is 53.1 Å². The molecule has 0 unspecified atom stereocenters. The fraction of sp³-hybridized carbons (Fsp3) is 0.125. The van der Waals surface area contributed by atoms with Crippen molar-refractivity contribution in [1.82, 2.24) is 9.78 Å². The number of benzene rings is 1. The van der Waals surface area contributed by atoms with E-state index in [-0.39, 0.29) is 18.1 Å². The molecule has 22 heavy (non-hydrogen) atoms. The Morgan fingerprint density at radius 2 is 2.09 bits per heavy atom. The monoisotopic (exact) mass is 300 g/mol. The van der Waals surface area contributed by atoms with Crippen molar-refractivity contribution >= 4 is 5.97 Å². The van der Waals surface area contributed by atoms with E-state index in [2.05, 4.69) is 5.10 Å². The quantitative estimate of drug-likeness (QED) is 0.692. The van der Waals surface area contributed by atoms with E-state index in [0.717, 1.165) is 0 Å². The van der Waals surface area contributed by atoms with Crippen molar-refractivity contribution in [2.75, 3.05) is 6.61 Å². The van der Waals surface area contributed by atoms with Crippen molar-refractivity contribution < 1.29 is 18.3 Å². The Morgan fingerprint density at radius 3 is 2.73 bits per heavy atom. The van der Waals surface area contributed by atoms with Gasteiger partial charge in [0.05, 0.1) is 18.6 Å². The Morgan fingerprint density at radius 1 is 1.32 bits per heavy atom. The normalized spacial score (nSPS) is 10.6. The summed E-state index contributed by atoms with van der Waals surface area (Å²) in [6.45, 7) is 1.98. The summed E-state index contributed by atoms with van der Waals surface area (Å²) in [5.41, 5.74) is 1.31. The number of furan rings is 1. The first-order valence-electron chi connectivity index (χ1n) is 6.76. The number of esters is 1. The molecule has 2 heterocycles. The maximum Gasteiger partial charge on any atom is 0.357 e. The molecule has 0 N–H and O–H groups in total. The van der Waals surface area contributed by atoms with Gasteiger partial charge in [-0.2, -0.15) is 5.10 Å². The van der Waals surface area contributed by atoms with Crippen molar-refractivity contribution in [3.63, 3.8) is 0 Å². The van der Waals surface area contributed by atoms with Crippen LogP contribution < -0.4 is 0 Å². The van der Waals surface area contributed by atoms with Gasteiger partial charge in [-0.25, -0.2) is 13.9 Å². The maximum absolute atomic E-state index is 13.1. The van der Waals surface area contributed by atoms with Gasteiger partial charge in [0.1, 0.15) is 11.5 Å². The second-order valence-corrected chi connectivity index (χ2v) is 4.50. The molecule has 0 aliphatic carbocycles. The molecule has 3 aromatic rings. The van der Waals surface area contributed by atoms with E-state index in [1.54, 1.807) is 25.1 Å². The lowest BCUT2D eigenvalue weighted by atomic mass is 10.3. The van der Waals surface area contributed by atoms with Crippen LogP contribution in [0.4, 0.5) is 4.39 Å². The van der Waals surface area contributed by atoms with Crippen molar-refractivity contribution in [3.8, 4) is 17.1 Å². The standard InChI is InChI=1S/C16H13FN2O3/c1-2-21-16(20)14-10-13(15-4-3-9-22-15)18-19(14)12-7-5-11(17)6-8-12/h3-10H,2H2,1H3. The molecule has 0 spiro atoms. The minimum Gasteiger partial charge on any atom is -0.463 e. The smallest absolute Gasteiger partial charge is 0.357 e. The molecule has 1 aromatic carbocycles. The van der Waals surface area contributed by atoms with Crippen molar-refractivity contribution in [2.45, 2.75) is 6.92 Å². The number of hydrogen-bond donors (Lipinski definition) is 0. The molecule has 0 aliphatic rings. The summed E-state index contributed by atoms with van der Waals surface area (Å²) in [5, 5.41) is 4.36. The highest BCUT2D eigenvalue weighted by Gasteiger charge is 2.19. The predicted molar refractivity (Wildman–Crippen MR) is 77.2 cm³/mol. The Balaban J connectivity index is 2.10. The van der Waals surface area contributed by atoms with Gasteiger partial charge in [0.25, 0.3) is 0 Å². The Kier molecular flexibility index (Phi) is 3.74. The number of aromatic nitrogens is 2. The third kappa shape index (κ3) is 2.63. The molecule has 0 amide bonds. The number of ether oxygens (including phenoxy) is 1. The van der Waals surface area contributed by atoms with Crippen LogP contribution in [0.1, 0.15) is 17.4 Å². The first-order chi connectivity index (χ1) is 10.7. The van der Waals surface area contributed by atoms with Crippen LogP contribution >= 0.6 is 0 Å². The van der Waals surface area contributed by atoms with Gasteiger partial charge in [0.2, 0.25) is 0 Å². The van der Waals surface area contributed by atoms with Crippen LogP contribution in [0.2, 0.25) is 0 Å². The van der Waals surface area contributed by atoms with E-state index in [9.17, 15) is 9.18 Å². The SMILES string of the molecule is CCOC(=O)c1cc(-c2ccco2)nn1-c1ccc(F)cc1. The van der Waals surface area contributed by atoms with Gasteiger partial charge >= 0.3 is 5.97 Å². The van der Waals surface area contributed by atoms with Crippen LogP contribution in [-0.4, -0.2) is 22.4 Å². The molecule has 3 rings (SSSR count). The van der Waals surface area contributed by atoms with Crippen LogP contribution in [0.25, 0.3) is 17.1 Å². The Bertz CT molecular complexity index is 776. The molecule has 5 nitrogen and oxygen atoms in total. The van der Waals surface area contributed by atoms with Crippen molar-refractivity contribution in [3.05, 3.63) is 60.2 Å². The zero-order valence-electron chi connectivity index (χ0n) is 11.8. The van der Waals surface area contributed by atoms with Crippen LogP contribution in [0.5, 0.6) is 0 Å². The second kappa shape index (κ2) is 5.85. The summed E-state index contributed by atoms with van der Waals surface area (Å²) in [5.74, 6) is -0.330. The summed E-state index contributed by atoms with van der Waals surface area (Å²) in [6.07, 6.45) is 1.52. The first-order valence-corrected chi connectivity index (χ1v) is 6.76. The lowest BCUT2D eigenvalue weighted by Gasteiger charge is -2.06. The molecule has 0 atom stereocenters. The molecule has 0 radical (unpaired) electrons. The van der Waals surface area contributed by atoms with E-state index >= 15 is 0 Å². The molecule has 0 saturated carbocycles. The van der Waals surface area contributed by atoms with Crippen molar-refractivity contribution in [2.24, 2.45) is 0 Å². The molecular weight excluding hydrogens is 287 g/mol. The Labute approximate surface area is 125 Å². The lowest BCUT2D eigenvalue weighted by molar-refractivity contribution is 0.0516. The van der Waals surface area contributed by atoms with Gasteiger partial charge in [-0.05, 0) is 43.3 Å². The van der Waals surface area contributed by atoms with Crippen molar-refractivity contribution in [1.29, 1.82) is 0 Å². The second-order valence-electron chi connectivity index (χ2n) is 4.50. The molecule has 0 saturated heterocycles. The maximum atomic E-state index is 13.1. The van der Waals surface area contributed by atoms with E-state index in [1.165, 1.54) is 35.2 Å². The minimum atomic E-state index is -0.503. The summed E-state index contributed by atoms with van der Waals surface area (Å²) >= 11 is 0. The molecule has 0 bridgehead atoms.